The smallest absolute Gasteiger partial charge is 0.338 e. The molecule has 1 atom stereocenters. The van der Waals surface area contributed by atoms with Crippen LogP contribution >= 0.6 is 0 Å². The molecular formula is C20H23FN2O3. The first-order valence-corrected chi connectivity index (χ1v) is 8.63. The lowest BCUT2D eigenvalue weighted by Gasteiger charge is -2.34. The number of carbonyl (C=O) groups is 1. The number of esters is 1. The fraction of sp³-hybridized carbons (Fsp3) is 0.400. The van der Waals surface area contributed by atoms with Gasteiger partial charge in [0.25, 0.3) is 0 Å². The summed E-state index contributed by atoms with van der Waals surface area (Å²) in [5.74, 6) is 0.0569. The van der Waals surface area contributed by atoms with Crippen LogP contribution in [0.25, 0.3) is 0 Å². The fourth-order valence-corrected chi connectivity index (χ4v) is 2.79. The lowest BCUT2D eigenvalue weighted by Crippen LogP contribution is -2.39. The number of hydrogen-bond donors (Lipinski definition) is 0. The monoisotopic (exact) mass is 358 g/mol. The van der Waals surface area contributed by atoms with Crippen LogP contribution < -0.4 is 4.90 Å². The van der Waals surface area contributed by atoms with E-state index in [0.29, 0.717) is 31.1 Å². The van der Waals surface area contributed by atoms with Gasteiger partial charge in [-0.2, -0.15) is 0 Å². The summed E-state index contributed by atoms with van der Waals surface area (Å²) in [5.41, 5.74) is 0.835. The first-order valence-electron chi connectivity index (χ1n) is 8.63. The molecule has 0 N–H and O–H groups in total. The van der Waals surface area contributed by atoms with Gasteiger partial charge < -0.3 is 14.4 Å². The molecule has 0 radical (unpaired) electrons. The number of rotatable bonds is 3. The number of pyridine rings is 1. The van der Waals surface area contributed by atoms with Crippen molar-refractivity contribution in [3.8, 4) is 0 Å². The molecule has 1 unspecified atom stereocenters. The number of morpholine rings is 1. The molecule has 138 valence electrons. The Balaban J connectivity index is 1.75. The van der Waals surface area contributed by atoms with Crippen LogP contribution in [0.2, 0.25) is 0 Å². The summed E-state index contributed by atoms with van der Waals surface area (Å²) in [6.45, 7) is 7.28. The minimum absolute atomic E-state index is 0.170. The van der Waals surface area contributed by atoms with Crippen LogP contribution in [0.4, 0.5) is 10.2 Å². The van der Waals surface area contributed by atoms with Crippen molar-refractivity contribution in [3.05, 3.63) is 59.5 Å². The van der Waals surface area contributed by atoms with Crippen LogP contribution in [-0.4, -0.2) is 36.3 Å². The van der Waals surface area contributed by atoms with E-state index in [2.05, 4.69) is 9.88 Å². The maximum absolute atomic E-state index is 13.1. The van der Waals surface area contributed by atoms with Gasteiger partial charge in [0, 0.05) is 19.3 Å². The second-order valence-corrected chi connectivity index (χ2v) is 7.26. The van der Waals surface area contributed by atoms with E-state index < -0.39 is 5.60 Å². The normalized spacial score (nSPS) is 17.8. The Kier molecular flexibility index (Phi) is 5.23. The molecular weight excluding hydrogens is 335 g/mol. The Morgan fingerprint density at radius 2 is 2.00 bits per heavy atom. The van der Waals surface area contributed by atoms with Crippen LogP contribution in [0.1, 0.15) is 42.8 Å². The van der Waals surface area contributed by atoms with Crippen LogP contribution in [0.3, 0.4) is 0 Å². The quantitative estimate of drug-likeness (QED) is 0.782. The average Bonchev–Trinajstić information content (AvgIpc) is 2.61. The molecule has 3 rings (SSSR count). The van der Waals surface area contributed by atoms with Crippen LogP contribution in [-0.2, 0) is 9.47 Å². The summed E-state index contributed by atoms with van der Waals surface area (Å²) < 4.78 is 24.4. The predicted octanol–water partition coefficient (Wildman–Crippen LogP) is 3.75. The summed E-state index contributed by atoms with van der Waals surface area (Å²) in [5, 5.41) is 0. The van der Waals surface area contributed by atoms with Crippen molar-refractivity contribution < 1.29 is 18.7 Å². The highest BCUT2D eigenvalue weighted by Gasteiger charge is 2.24. The van der Waals surface area contributed by atoms with Gasteiger partial charge in [-0.05, 0) is 50.6 Å². The number of anilines is 1. The van der Waals surface area contributed by atoms with Gasteiger partial charge in [-0.25, -0.2) is 14.2 Å². The summed E-state index contributed by atoms with van der Waals surface area (Å²) in [4.78, 5) is 18.7. The molecule has 0 spiro atoms. The molecule has 1 aliphatic rings. The highest BCUT2D eigenvalue weighted by atomic mass is 19.1. The minimum Gasteiger partial charge on any atom is -0.456 e. The van der Waals surface area contributed by atoms with Crippen molar-refractivity contribution in [2.75, 3.05) is 24.6 Å². The first-order chi connectivity index (χ1) is 12.3. The van der Waals surface area contributed by atoms with Gasteiger partial charge in [-0.1, -0.05) is 12.1 Å². The molecule has 1 aromatic heterocycles. The summed E-state index contributed by atoms with van der Waals surface area (Å²) in [6.07, 6.45) is 1.44. The van der Waals surface area contributed by atoms with Gasteiger partial charge in [0.05, 0.1) is 12.2 Å². The maximum Gasteiger partial charge on any atom is 0.338 e. The number of nitrogens with zero attached hydrogens (tertiary/aromatic N) is 2. The van der Waals surface area contributed by atoms with E-state index in [4.69, 9.17) is 9.47 Å². The number of halogens is 1. The Morgan fingerprint density at radius 1 is 1.27 bits per heavy atom. The zero-order chi connectivity index (χ0) is 18.7. The Morgan fingerprint density at radius 3 is 2.69 bits per heavy atom. The standard InChI is InChI=1S/C20H23FN2O3/c1-20(2,3)26-19(24)15-8-9-22-18(12-15)23-10-11-25-17(13-23)14-4-6-16(21)7-5-14/h4-9,12,17H,10-11,13H2,1-3H3. The second-order valence-electron chi connectivity index (χ2n) is 7.26. The molecule has 0 bridgehead atoms. The van der Waals surface area contributed by atoms with E-state index in [0.717, 1.165) is 5.56 Å². The van der Waals surface area contributed by atoms with E-state index in [1.54, 1.807) is 30.5 Å². The van der Waals surface area contributed by atoms with E-state index in [-0.39, 0.29) is 17.9 Å². The van der Waals surface area contributed by atoms with E-state index >= 15 is 0 Å². The number of hydrogen-bond acceptors (Lipinski definition) is 5. The molecule has 26 heavy (non-hydrogen) atoms. The van der Waals surface area contributed by atoms with Crippen molar-refractivity contribution in [1.82, 2.24) is 4.98 Å². The van der Waals surface area contributed by atoms with Gasteiger partial charge in [-0.3, -0.25) is 0 Å². The van der Waals surface area contributed by atoms with E-state index in [1.807, 2.05) is 20.8 Å². The van der Waals surface area contributed by atoms with Crippen molar-refractivity contribution in [2.45, 2.75) is 32.5 Å². The molecule has 2 aromatic rings. The third-order valence-corrected chi connectivity index (χ3v) is 4.01. The largest absolute Gasteiger partial charge is 0.456 e. The number of aromatic nitrogens is 1. The molecule has 0 aliphatic carbocycles. The SMILES string of the molecule is CC(C)(C)OC(=O)c1ccnc(N2CCOC(c3ccc(F)cc3)C2)c1. The zero-order valence-corrected chi connectivity index (χ0v) is 15.2. The molecule has 1 fully saturated rings. The molecule has 0 amide bonds. The van der Waals surface area contributed by atoms with Crippen LogP contribution in [0.5, 0.6) is 0 Å². The number of carbonyl (C=O) groups excluding carboxylic acids is 1. The van der Waals surface area contributed by atoms with Crippen molar-refractivity contribution >= 4 is 11.8 Å². The number of ether oxygens (including phenoxy) is 2. The van der Waals surface area contributed by atoms with Crippen molar-refractivity contribution in [1.29, 1.82) is 0 Å². The van der Waals surface area contributed by atoms with E-state index in [9.17, 15) is 9.18 Å². The zero-order valence-electron chi connectivity index (χ0n) is 15.2. The summed E-state index contributed by atoms with van der Waals surface area (Å²) >= 11 is 0. The molecule has 0 saturated carbocycles. The van der Waals surface area contributed by atoms with Gasteiger partial charge in [-0.15, -0.1) is 0 Å². The fourth-order valence-electron chi connectivity index (χ4n) is 2.79. The second kappa shape index (κ2) is 7.41. The van der Waals surface area contributed by atoms with Crippen molar-refractivity contribution in [3.63, 3.8) is 0 Å². The molecule has 6 heteroatoms. The predicted molar refractivity (Wildman–Crippen MR) is 96.7 cm³/mol. The Bertz CT molecular complexity index is 771. The topological polar surface area (TPSA) is 51.7 Å². The third-order valence-electron chi connectivity index (χ3n) is 4.01. The van der Waals surface area contributed by atoms with Crippen LogP contribution in [0.15, 0.2) is 42.6 Å². The molecule has 1 aliphatic heterocycles. The van der Waals surface area contributed by atoms with E-state index in [1.165, 1.54) is 12.1 Å². The Hall–Kier alpha value is -2.47. The summed E-state index contributed by atoms with van der Waals surface area (Å²) in [6, 6.07) is 9.71. The molecule has 5 nitrogen and oxygen atoms in total. The summed E-state index contributed by atoms with van der Waals surface area (Å²) in [7, 11) is 0. The van der Waals surface area contributed by atoms with Gasteiger partial charge in [0.1, 0.15) is 23.3 Å². The lowest BCUT2D eigenvalue weighted by molar-refractivity contribution is 0.00694. The molecule has 1 saturated heterocycles. The van der Waals surface area contributed by atoms with Crippen LogP contribution in [0, 0.1) is 5.82 Å². The highest BCUT2D eigenvalue weighted by molar-refractivity contribution is 5.90. The van der Waals surface area contributed by atoms with Gasteiger partial charge in [0.15, 0.2) is 0 Å². The molecule has 2 heterocycles. The minimum atomic E-state index is -0.548. The van der Waals surface area contributed by atoms with Crippen molar-refractivity contribution in [2.24, 2.45) is 0 Å². The average molecular weight is 358 g/mol. The highest BCUT2D eigenvalue weighted by Crippen LogP contribution is 2.26. The third kappa shape index (κ3) is 4.58. The number of benzene rings is 1. The maximum atomic E-state index is 13.1. The lowest BCUT2D eigenvalue weighted by atomic mass is 10.1. The van der Waals surface area contributed by atoms with Gasteiger partial charge in [0.2, 0.25) is 0 Å². The first kappa shape index (κ1) is 18.3. The Labute approximate surface area is 152 Å². The van der Waals surface area contributed by atoms with Gasteiger partial charge >= 0.3 is 5.97 Å². The molecule has 1 aromatic carbocycles.